The van der Waals surface area contributed by atoms with E-state index in [0.717, 1.165) is 6.54 Å². The smallest absolute Gasteiger partial charge is 0.155 e. The molecule has 0 bridgehead atoms. The predicted molar refractivity (Wildman–Crippen MR) is 64.7 cm³/mol. The van der Waals surface area contributed by atoms with Gasteiger partial charge in [0.05, 0.1) is 19.8 Å². The second kappa shape index (κ2) is 11.0. The van der Waals surface area contributed by atoms with Crippen molar-refractivity contribution < 1.29 is 14.3 Å². The molecular weight excluding hydrogens is 206 g/mol. The zero-order valence-corrected chi connectivity index (χ0v) is 10.8. The summed E-state index contributed by atoms with van der Waals surface area (Å²) in [4.78, 5) is 10.5. The first-order valence-corrected chi connectivity index (χ1v) is 6.05. The van der Waals surface area contributed by atoms with Crippen molar-refractivity contribution in [3.63, 3.8) is 0 Å². The van der Waals surface area contributed by atoms with Crippen molar-refractivity contribution in [3.05, 3.63) is 0 Å². The summed E-state index contributed by atoms with van der Waals surface area (Å²) >= 11 is 0. The van der Waals surface area contributed by atoms with Crippen molar-refractivity contribution in [2.45, 2.75) is 39.7 Å². The molecule has 4 nitrogen and oxygen atoms in total. The lowest BCUT2D eigenvalue weighted by Gasteiger charge is -2.12. The van der Waals surface area contributed by atoms with E-state index in [4.69, 9.17) is 9.47 Å². The first-order valence-electron chi connectivity index (χ1n) is 6.05. The Morgan fingerprint density at radius 3 is 2.56 bits per heavy atom. The van der Waals surface area contributed by atoms with Crippen molar-refractivity contribution in [1.29, 1.82) is 0 Å². The topological polar surface area (TPSA) is 47.6 Å². The minimum Gasteiger partial charge on any atom is -0.378 e. The quantitative estimate of drug-likeness (QED) is 0.546. The number of ether oxygens (including phenoxy) is 2. The molecule has 96 valence electrons. The molecule has 1 N–H and O–H groups in total. The molecular formula is C12H25NO3. The summed E-state index contributed by atoms with van der Waals surface area (Å²) in [6, 6.07) is 0.558. The Balaban J connectivity index is 3.06. The number of ketones is 1. The van der Waals surface area contributed by atoms with Crippen LogP contribution in [0.4, 0.5) is 0 Å². The number of carbonyl (C=O) groups excluding carboxylic acids is 1. The third-order valence-corrected chi connectivity index (χ3v) is 2.14. The van der Waals surface area contributed by atoms with Gasteiger partial charge in [0.25, 0.3) is 0 Å². The number of carbonyl (C=O) groups is 1. The highest BCUT2D eigenvalue weighted by Gasteiger charge is 1.98. The van der Waals surface area contributed by atoms with Gasteiger partial charge in [0.1, 0.15) is 6.61 Å². The van der Waals surface area contributed by atoms with E-state index < -0.39 is 0 Å². The zero-order chi connectivity index (χ0) is 12.2. The van der Waals surface area contributed by atoms with Gasteiger partial charge in [-0.05, 0) is 20.3 Å². The Morgan fingerprint density at radius 1 is 1.25 bits per heavy atom. The molecule has 4 heteroatoms. The van der Waals surface area contributed by atoms with E-state index in [-0.39, 0.29) is 12.4 Å². The molecule has 0 rings (SSSR count). The molecule has 1 unspecified atom stereocenters. The molecule has 0 aromatic carbocycles. The van der Waals surface area contributed by atoms with E-state index in [0.29, 0.717) is 25.9 Å². The van der Waals surface area contributed by atoms with Crippen LogP contribution in [0.5, 0.6) is 0 Å². The minimum absolute atomic E-state index is 0.0510. The van der Waals surface area contributed by atoms with Crippen molar-refractivity contribution >= 4 is 5.78 Å². The predicted octanol–water partition coefficient (Wildman–Crippen LogP) is 1.39. The summed E-state index contributed by atoms with van der Waals surface area (Å²) in [7, 11) is 0. The molecule has 16 heavy (non-hydrogen) atoms. The van der Waals surface area contributed by atoms with Gasteiger partial charge >= 0.3 is 0 Å². The summed E-state index contributed by atoms with van der Waals surface area (Å²) in [6.45, 7) is 8.67. The van der Waals surface area contributed by atoms with Crippen molar-refractivity contribution in [2.24, 2.45) is 0 Å². The van der Waals surface area contributed by atoms with E-state index in [1.54, 1.807) is 0 Å². The maximum absolute atomic E-state index is 10.5. The van der Waals surface area contributed by atoms with Crippen LogP contribution in [-0.4, -0.2) is 44.8 Å². The highest BCUT2D eigenvalue weighted by Crippen LogP contribution is 1.93. The number of hydrogen-bond acceptors (Lipinski definition) is 4. The molecule has 0 saturated carbocycles. The Bertz CT molecular complexity index is 174. The zero-order valence-electron chi connectivity index (χ0n) is 10.8. The SMILES string of the molecule is CCCC(C)NCCOCCOCC(C)=O. The summed E-state index contributed by atoms with van der Waals surface area (Å²) < 4.78 is 10.4. The maximum atomic E-state index is 10.5. The summed E-state index contributed by atoms with van der Waals surface area (Å²) in [5, 5.41) is 3.37. The van der Waals surface area contributed by atoms with E-state index in [1.165, 1.54) is 19.8 Å². The molecule has 0 aliphatic rings. The van der Waals surface area contributed by atoms with Crippen molar-refractivity contribution in [3.8, 4) is 0 Å². The van der Waals surface area contributed by atoms with Crippen LogP contribution in [0.2, 0.25) is 0 Å². The molecule has 0 aliphatic carbocycles. The van der Waals surface area contributed by atoms with Crippen LogP contribution in [0.25, 0.3) is 0 Å². The normalized spacial score (nSPS) is 12.7. The summed E-state index contributed by atoms with van der Waals surface area (Å²) in [6.07, 6.45) is 2.40. The highest BCUT2D eigenvalue weighted by atomic mass is 16.5. The van der Waals surface area contributed by atoms with E-state index in [2.05, 4.69) is 19.2 Å². The molecule has 0 aromatic heterocycles. The molecule has 0 saturated heterocycles. The molecule has 0 fully saturated rings. The van der Waals surface area contributed by atoms with Gasteiger partial charge in [0.2, 0.25) is 0 Å². The van der Waals surface area contributed by atoms with Crippen LogP contribution in [0.1, 0.15) is 33.6 Å². The Labute approximate surface area is 98.7 Å². The number of nitrogens with one attached hydrogen (secondary N) is 1. The molecule has 1 atom stereocenters. The second-order valence-corrected chi connectivity index (χ2v) is 4.01. The molecule has 0 aromatic rings. The fourth-order valence-electron chi connectivity index (χ4n) is 1.35. The summed E-state index contributed by atoms with van der Waals surface area (Å²) in [5.74, 6) is 0.0510. The second-order valence-electron chi connectivity index (χ2n) is 4.01. The maximum Gasteiger partial charge on any atom is 0.155 e. The molecule has 0 heterocycles. The largest absolute Gasteiger partial charge is 0.378 e. The van der Waals surface area contributed by atoms with Crippen LogP contribution < -0.4 is 5.32 Å². The first kappa shape index (κ1) is 15.6. The number of rotatable bonds is 11. The van der Waals surface area contributed by atoms with E-state index in [9.17, 15) is 4.79 Å². The van der Waals surface area contributed by atoms with Gasteiger partial charge < -0.3 is 14.8 Å². The van der Waals surface area contributed by atoms with E-state index in [1.807, 2.05) is 0 Å². The average molecular weight is 231 g/mol. The van der Waals surface area contributed by atoms with Crippen molar-refractivity contribution in [1.82, 2.24) is 5.32 Å². The monoisotopic (exact) mass is 231 g/mol. The highest BCUT2D eigenvalue weighted by molar-refractivity contribution is 5.76. The average Bonchev–Trinajstić information content (AvgIpc) is 2.22. The first-order chi connectivity index (χ1) is 7.66. The third-order valence-electron chi connectivity index (χ3n) is 2.14. The lowest BCUT2D eigenvalue weighted by molar-refractivity contribution is -0.121. The Kier molecular flexibility index (Phi) is 10.7. The fourth-order valence-corrected chi connectivity index (χ4v) is 1.35. The van der Waals surface area contributed by atoms with Crippen molar-refractivity contribution in [2.75, 3.05) is 33.0 Å². The lowest BCUT2D eigenvalue weighted by atomic mass is 10.2. The fraction of sp³-hybridized carbons (Fsp3) is 0.917. The van der Waals surface area contributed by atoms with Gasteiger partial charge in [0, 0.05) is 12.6 Å². The van der Waals surface area contributed by atoms with Gasteiger partial charge in [-0.2, -0.15) is 0 Å². The standard InChI is InChI=1S/C12H25NO3/c1-4-5-11(2)13-6-7-15-8-9-16-10-12(3)14/h11,13H,4-10H2,1-3H3. The molecule has 0 radical (unpaired) electrons. The van der Waals surface area contributed by atoms with Gasteiger partial charge in [0.15, 0.2) is 5.78 Å². The number of Topliss-reactive ketones (excluding diaryl/α,β-unsaturated/α-hetero) is 1. The van der Waals surface area contributed by atoms with Crippen LogP contribution in [-0.2, 0) is 14.3 Å². The third kappa shape index (κ3) is 11.6. The Hall–Kier alpha value is -0.450. The van der Waals surface area contributed by atoms with E-state index >= 15 is 0 Å². The van der Waals surface area contributed by atoms with Gasteiger partial charge in [-0.1, -0.05) is 13.3 Å². The van der Waals surface area contributed by atoms with Crippen LogP contribution in [0.3, 0.4) is 0 Å². The molecule has 0 amide bonds. The van der Waals surface area contributed by atoms with Crippen LogP contribution >= 0.6 is 0 Å². The van der Waals surface area contributed by atoms with Gasteiger partial charge in [-0.3, -0.25) is 4.79 Å². The van der Waals surface area contributed by atoms with Crippen LogP contribution in [0.15, 0.2) is 0 Å². The van der Waals surface area contributed by atoms with Gasteiger partial charge in [-0.15, -0.1) is 0 Å². The Morgan fingerprint density at radius 2 is 1.94 bits per heavy atom. The minimum atomic E-state index is 0.0510. The lowest BCUT2D eigenvalue weighted by Crippen LogP contribution is -2.29. The van der Waals surface area contributed by atoms with Crippen LogP contribution in [0, 0.1) is 0 Å². The summed E-state index contributed by atoms with van der Waals surface area (Å²) in [5.41, 5.74) is 0. The molecule has 0 spiro atoms. The number of hydrogen-bond donors (Lipinski definition) is 1. The van der Waals surface area contributed by atoms with Gasteiger partial charge in [-0.25, -0.2) is 0 Å². The molecule has 0 aliphatic heterocycles.